The number of rotatable bonds is 3. The van der Waals surface area contributed by atoms with Crippen LogP contribution in [0.4, 0.5) is 0 Å². The summed E-state index contributed by atoms with van der Waals surface area (Å²) in [4.78, 5) is 11.4. The number of cyclic esters (lactones) is 1. The first-order valence-corrected chi connectivity index (χ1v) is 6.11. The molecule has 1 saturated heterocycles. The highest BCUT2D eigenvalue weighted by molar-refractivity contribution is 6.35. The van der Waals surface area contributed by atoms with Crippen molar-refractivity contribution >= 4 is 29.2 Å². The molecule has 6 heteroatoms. The molecule has 0 saturated carbocycles. The van der Waals surface area contributed by atoms with E-state index in [2.05, 4.69) is 0 Å². The standard InChI is InChI=1S/C12H12Cl2O4/c1-12(2)11(15)17-10(18-12)6-16-9-4-3-7(13)5-8(9)14/h3-5,10H,6H2,1-2H3. The van der Waals surface area contributed by atoms with E-state index >= 15 is 0 Å². The van der Waals surface area contributed by atoms with E-state index in [-0.39, 0.29) is 6.61 Å². The van der Waals surface area contributed by atoms with Crippen molar-refractivity contribution in [3.8, 4) is 5.75 Å². The Bertz CT molecular complexity index is 473. The van der Waals surface area contributed by atoms with Gasteiger partial charge < -0.3 is 14.2 Å². The molecule has 0 bridgehead atoms. The summed E-state index contributed by atoms with van der Waals surface area (Å²) in [5, 5.41) is 0.920. The first-order chi connectivity index (χ1) is 8.38. The second kappa shape index (κ2) is 4.96. The molecule has 0 amide bonds. The van der Waals surface area contributed by atoms with Crippen LogP contribution in [0, 0.1) is 0 Å². The van der Waals surface area contributed by atoms with E-state index in [1.807, 2.05) is 0 Å². The van der Waals surface area contributed by atoms with Gasteiger partial charge in [-0.15, -0.1) is 0 Å². The number of halogens is 2. The van der Waals surface area contributed by atoms with E-state index < -0.39 is 17.9 Å². The van der Waals surface area contributed by atoms with Crippen molar-refractivity contribution in [2.75, 3.05) is 6.61 Å². The molecule has 18 heavy (non-hydrogen) atoms. The van der Waals surface area contributed by atoms with Crippen molar-refractivity contribution in [1.29, 1.82) is 0 Å². The van der Waals surface area contributed by atoms with Gasteiger partial charge >= 0.3 is 5.97 Å². The molecular weight excluding hydrogens is 279 g/mol. The molecule has 0 radical (unpaired) electrons. The summed E-state index contributed by atoms with van der Waals surface area (Å²) in [5.74, 6) is 0.0590. The van der Waals surface area contributed by atoms with Gasteiger partial charge in [0, 0.05) is 5.02 Å². The Morgan fingerprint density at radius 3 is 2.67 bits per heavy atom. The van der Waals surface area contributed by atoms with E-state index in [1.165, 1.54) is 0 Å². The number of hydrogen-bond donors (Lipinski definition) is 0. The van der Waals surface area contributed by atoms with Crippen LogP contribution in [0.5, 0.6) is 5.75 Å². The van der Waals surface area contributed by atoms with Crippen molar-refractivity contribution in [3.05, 3.63) is 28.2 Å². The molecule has 1 aromatic carbocycles. The zero-order valence-electron chi connectivity index (χ0n) is 9.91. The molecular formula is C12H12Cl2O4. The molecule has 98 valence electrons. The van der Waals surface area contributed by atoms with Crippen LogP contribution in [0.15, 0.2) is 18.2 Å². The lowest BCUT2D eigenvalue weighted by Crippen LogP contribution is -2.28. The number of hydrogen-bond acceptors (Lipinski definition) is 4. The maximum atomic E-state index is 11.4. The lowest BCUT2D eigenvalue weighted by atomic mass is 10.1. The van der Waals surface area contributed by atoms with Gasteiger partial charge in [-0.05, 0) is 32.0 Å². The van der Waals surface area contributed by atoms with Gasteiger partial charge in [0.15, 0.2) is 12.2 Å². The molecule has 0 spiro atoms. The molecule has 0 N–H and O–H groups in total. The lowest BCUT2D eigenvalue weighted by Gasteiger charge is -2.14. The summed E-state index contributed by atoms with van der Waals surface area (Å²) >= 11 is 11.7. The van der Waals surface area contributed by atoms with Gasteiger partial charge in [0.2, 0.25) is 6.29 Å². The molecule has 0 aliphatic carbocycles. The van der Waals surface area contributed by atoms with Crippen LogP contribution in [0.25, 0.3) is 0 Å². The van der Waals surface area contributed by atoms with Crippen LogP contribution in [0.3, 0.4) is 0 Å². The number of carbonyl (C=O) groups excluding carboxylic acids is 1. The van der Waals surface area contributed by atoms with Gasteiger partial charge in [-0.25, -0.2) is 4.79 Å². The fraction of sp³-hybridized carbons (Fsp3) is 0.417. The molecule has 2 rings (SSSR count). The van der Waals surface area contributed by atoms with Crippen molar-refractivity contribution < 1.29 is 19.0 Å². The van der Waals surface area contributed by atoms with Crippen molar-refractivity contribution in [2.45, 2.75) is 25.7 Å². The quantitative estimate of drug-likeness (QED) is 0.803. The maximum Gasteiger partial charge on any atom is 0.340 e. The topological polar surface area (TPSA) is 44.8 Å². The molecule has 1 aliphatic heterocycles. The average Bonchev–Trinajstić information content (AvgIpc) is 2.51. The number of esters is 1. The Hall–Kier alpha value is -0.970. The van der Waals surface area contributed by atoms with Crippen LogP contribution >= 0.6 is 23.2 Å². The minimum Gasteiger partial charge on any atom is -0.485 e. The van der Waals surface area contributed by atoms with Crippen LogP contribution in [-0.2, 0) is 14.3 Å². The summed E-state index contributed by atoms with van der Waals surface area (Å²) in [7, 11) is 0. The highest BCUT2D eigenvalue weighted by atomic mass is 35.5. The molecule has 0 aromatic heterocycles. The first-order valence-electron chi connectivity index (χ1n) is 5.35. The van der Waals surface area contributed by atoms with E-state index in [9.17, 15) is 4.79 Å². The Balaban J connectivity index is 1.95. The molecule has 1 heterocycles. The fourth-order valence-electron chi connectivity index (χ4n) is 1.48. The van der Waals surface area contributed by atoms with Crippen molar-refractivity contribution in [2.24, 2.45) is 0 Å². The van der Waals surface area contributed by atoms with Gasteiger partial charge in [-0.2, -0.15) is 0 Å². The zero-order valence-corrected chi connectivity index (χ0v) is 11.4. The van der Waals surface area contributed by atoms with Gasteiger partial charge in [-0.1, -0.05) is 23.2 Å². The van der Waals surface area contributed by atoms with Gasteiger partial charge in [0.1, 0.15) is 5.75 Å². The Morgan fingerprint density at radius 2 is 2.11 bits per heavy atom. The molecule has 1 unspecified atom stereocenters. The zero-order chi connectivity index (χ0) is 13.3. The first kappa shape index (κ1) is 13.5. The maximum absolute atomic E-state index is 11.4. The monoisotopic (exact) mass is 290 g/mol. The summed E-state index contributed by atoms with van der Waals surface area (Å²) in [6, 6.07) is 4.88. The number of benzene rings is 1. The lowest BCUT2D eigenvalue weighted by molar-refractivity contribution is -0.146. The summed E-state index contributed by atoms with van der Waals surface area (Å²) < 4.78 is 15.8. The average molecular weight is 291 g/mol. The number of ether oxygens (including phenoxy) is 3. The van der Waals surface area contributed by atoms with Gasteiger partial charge in [0.05, 0.1) is 5.02 Å². The summed E-state index contributed by atoms with van der Waals surface area (Å²) in [6.07, 6.45) is -0.723. The molecule has 1 atom stereocenters. The Morgan fingerprint density at radius 1 is 1.39 bits per heavy atom. The van der Waals surface area contributed by atoms with Gasteiger partial charge in [-0.3, -0.25) is 0 Å². The second-order valence-electron chi connectivity index (χ2n) is 4.35. The summed E-state index contributed by atoms with van der Waals surface area (Å²) in [6.45, 7) is 3.37. The van der Waals surface area contributed by atoms with Gasteiger partial charge in [0.25, 0.3) is 0 Å². The third-order valence-electron chi connectivity index (χ3n) is 2.42. The SMILES string of the molecule is CC1(C)OC(COc2ccc(Cl)cc2Cl)OC1=O. The molecule has 1 aromatic rings. The van der Waals surface area contributed by atoms with Crippen LogP contribution in [-0.4, -0.2) is 24.5 Å². The predicted octanol–water partition coefficient (Wildman–Crippen LogP) is 3.05. The normalized spacial score (nSPS) is 21.8. The Kier molecular flexibility index (Phi) is 3.71. The minimum absolute atomic E-state index is 0.0799. The van der Waals surface area contributed by atoms with Crippen LogP contribution in [0.2, 0.25) is 10.0 Å². The minimum atomic E-state index is -0.933. The van der Waals surface area contributed by atoms with Crippen molar-refractivity contribution in [3.63, 3.8) is 0 Å². The number of carbonyl (C=O) groups is 1. The second-order valence-corrected chi connectivity index (χ2v) is 5.19. The van der Waals surface area contributed by atoms with Crippen molar-refractivity contribution in [1.82, 2.24) is 0 Å². The fourth-order valence-corrected chi connectivity index (χ4v) is 1.94. The smallest absolute Gasteiger partial charge is 0.340 e. The Labute approximate surface area is 115 Å². The van der Waals surface area contributed by atoms with Crippen LogP contribution in [0.1, 0.15) is 13.8 Å². The van der Waals surface area contributed by atoms with E-state index in [4.69, 9.17) is 37.4 Å². The van der Waals surface area contributed by atoms with E-state index in [0.717, 1.165) is 0 Å². The summed E-state index contributed by atoms with van der Waals surface area (Å²) in [5.41, 5.74) is -0.933. The highest BCUT2D eigenvalue weighted by Crippen LogP contribution is 2.29. The van der Waals surface area contributed by atoms with E-state index in [0.29, 0.717) is 15.8 Å². The van der Waals surface area contributed by atoms with Crippen LogP contribution < -0.4 is 4.74 Å². The molecule has 4 nitrogen and oxygen atoms in total. The molecule has 1 aliphatic rings. The van der Waals surface area contributed by atoms with E-state index in [1.54, 1.807) is 32.0 Å². The predicted molar refractivity (Wildman–Crippen MR) is 67.0 cm³/mol. The largest absolute Gasteiger partial charge is 0.485 e. The third kappa shape index (κ3) is 2.88. The molecule has 1 fully saturated rings. The highest BCUT2D eigenvalue weighted by Gasteiger charge is 2.42. The third-order valence-corrected chi connectivity index (χ3v) is 2.96.